The van der Waals surface area contributed by atoms with Crippen LogP contribution in [0.1, 0.15) is 23.1 Å². The molecule has 1 N–H and O–H groups in total. The highest BCUT2D eigenvalue weighted by Crippen LogP contribution is 2.09. The van der Waals surface area contributed by atoms with Crippen molar-refractivity contribution in [2.24, 2.45) is 0 Å². The minimum absolute atomic E-state index is 0.154. The van der Waals surface area contributed by atoms with Crippen molar-refractivity contribution in [2.45, 2.75) is 20.4 Å². The third-order valence-electron chi connectivity index (χ3n) is 2.37. The molecule has 0 saturated carbocycles. The van der Waals surface area contributed by atoms with Crippen LogP contribution in [0.5, 0.6) is 0 Å². The van der Waals surface area contributed by atoms with Gasteiger partial charge in [-0.25, -0.2) is 0 Å². The number of nitrogens with one attached hydrogen (secondary N) is 1. The molecular formula is C12H14N4O. The molecule has 17 heavy (non-hydrogen) atoms. The molecule has 88 valence electrons. The molecule has 0 aliphatic heterocycles. The van der Waals surface area contributed by atoms with Crippen LogP contribution in [0.15, 0.2) is 30.6 Å². The predicted octanol–water partition coefficient (Wildman–Crippen LogP) is 1.86. The van der Waals surface area contributed by atoms with Crippen LogP contribution in [0.25, 0.3) is 0 Å². The topological polar surface area (TPSA) is 59.8 Å². The van der Waals surface area contributed by atoms with Crippen molar-refractivity contribution >= 4 is 11.6 Å². The standard InChI is InChI=1S/C12H14N4O/c1-3-16-11(8-9(2)15-16)12(17)14-10-4-6-13-7-5-10/h4-8H,3H2,1-2H3,(H,13,14,17). The normalized spacial score (nSPS) is 10.2. The fourth-order valence-electron chi connectivity index (χ4n) is 1.60. The summed E-state index contributed by atoms with van der Waals surface area (Å²) >= 11 is 0. The average molecular weight is 230 g/mol. The van der Waals surface area contributed by atoms with Crippen LogP contribution in [0.4, 0.5) is 5.69 Å². The second-order valence-corrected chi connectivity index (χ2v) is 3.68. The maximum atomic E-state index is 12.0. The first-order valence-corrected chi connectivity index (χ1v) is 5.46. The van der Waals surface area contributed by atoms with Gasteiger partial charge in [0.25, 0.3) is 5.91 Å². The fourth-order valence-corrected chi connectivity index (χ4v) is 1.60. The lowest BCUT2D eigenvalue weighted by molar-refractivity contribution is 0.101. The van der Waals surface area contributed by atoms with Crippen LogP contribution >= 0.6 is 0 Å². The summed E-state index contributed by atoms with van der Waals surface area (Å²) in [5.74, 6) is -0.154. The van der Waals surface area contributed by atoms with Gasteiger partial charge in [-0.05, 0) is 32.0 Å². The van der Waals surface area contributed by atoms with Gasteiger partial charge in [0.1, 0.15) is 5.69 Å². The molecule has 0 aliphatic rings. The molecule has 0 radical (unpaired) electrons. The van der Waals surface area contributed by atoms with Crippen LogP contribution in [0, 0.1) is 6.92 Å². The van der Waals surface area contributed by atoms with Crippen molar-refractivity contribution in [2.75, 3.05) is 5.32 Å². The van der Waals surface area contributed by atoms with Crippen LogP contribution in [-0.2, 0) is 6.54 Å². The zero-order valence-electron chi connectivity index (χ0n) is 9.84. The lowest BCUT2D eigenvalue weighted by atomic mass is 10.3. The van der Waals surface area contributed by atoms with Crippen LogP contribution in [0.2, 0.25) is 0 Å². The molecule has 0 aromatic carbocycles. The fraction of sp³-hybridized carbons (Fsp3) is 0.250. The van der Waals surface area contributed by atoms with Crippen molar-refractivity contribution in [1.82, 2.24) is 14.8 Å². The predicted molar refractivity (Wildman–Crippen MR) is 64.8 cm³/mol. The van der Waals surface area contributed by atoms with Gasteiger partial charge in [-0.15, -0.1) is 0 Å². The minimum atomic E-state index is -0.154. The molecule has 1 amide bonds. The Balaban J connectivity index is 2.20. The number of anilines is 1. The molecular weight excluding hydrogens is 216 g/mol. The van der Waals surface area contributed by atoms with Gasteiger partial charge < -0.3 is 5.32 Å². The monoisotopic (exact) mass is 230 g/mol. The summed E-state index contributed by atoms with van der Waals surface area (Å²) in [4.78, 5) is 15.9. The van der Waals surface area contributed by atoms with E-state index >= 15 is 0 Å². The number of pyridine rings is 1. The number of carbonyl (C=O) groups is 1. The molecule has 0 saturated heterocycles. The Hall–Kier alpha value is -2.17. The number of carbonyl (C=O) groups excluding carboxylic acids is 1. The smallest absolute Gasteiger partial charge is 0.273 e. The van der Waals surface area contributed by atoms with E-state index in [0.717, 1.165) is 11.4 Å². The Labute approximate surface area is 99.5 Å². The molecule has 2 aromatic rings. The molecule has 0 atom stereocenters. The number of amides is 1. The van der Waals surface area contributed by atoms with E-state index in [-0.39, 0.29) is 5.91 Å². The summed E-state index contributed by atoms with van der Waals surface area (Å²) in [7, 11) is 0. The highest BCUT2D eigenvalue weighted by Gasteiger charge is 2.12. The second-order valence-electron chi connectivity index (χ2n) is 3.68. The number of aryl methyl sites for hydroxylation is 2. The second kappa shape index (κ2) is 4.78. The van der Waals surface area contributed by atoms with E-state index in [2.05, 4.69) is 15.4 Å². The summed E-state index contributed by atoms with van der Waals surface area (Å²) in [6, 6.07) is 5.27. The molecule has 2 heterocycles. The van der Waals surface area contributed by atoms with Gasteiger partial charge in [0, 0.05) is 24.6 Å². The molecule has 0 unspecified atom stereocenters. The highest BCUT2D eigenvalue weighted by molar-refractivity contribution is 6.03. The van der Waals surface area contributed by atoms with E-state index in [1.807, 2.05) is 13.8 Å². The van der Waals surface area contributed by atoms with Gasteiger partial charge in [-0.1, -0.05) is 0 Å². The van der Waals surface area contributed by atoms with E-state index < -0.39 is 0 Å². The van der Waals surface area contributed by atoms with Gasteiger partial charge in [0.2, 0.25) is 0 Å². The molecule has 0 bridgehead atoms. The molecule has 2 rings (SSSR count). The Morgan fingerprint density at radius 2 is 2.12 bits per heavy atom. The maximum Gasteiger partial charge on any atom is 0.273 e. The summed E-state index contributed by atoms with van der Waals surface area (Å²) < 4.78 is 1.69. The van der Waals surface area contributed by atoms with Crippen LogP contribution in [0.3, 0.4) is 0 Å². The van der Waals surface area contributed by atoms with Gasteiger partial charge in [0.05, 0.1) is 5.69 Å². The summed E-state index contributed by atoms with van der Waals surface area (Å²) in [6.07, 6.45) is 3.27. The Morgan fingerprint density at radius 3 is 2.76 bits per heavy atom. The zero-order valence-corrected chi connectivity index (χ0v) is 9.84. The number of rotatable bonds is 3. The molecule has 0 spiro atoms. The Kier molecular flexibility index (Phi) is 3.18. The van der Waals surface area contributed by atoms with Crippen molar-refractivity contribution in [3.63, 3.8) is 0 Å². The van der Waals surface area contributed by atoms with Crippen molar-refractivity contribution in [1.29, 1.82) is 0 Å². The van der Waals surface area contributed by atoms with Crippen molar-refractivity contribution in [3.8, 4) is 0 Å². The summed E-state index contributed by atoms with van der Waals surface area (Å²) in [5.41, 5.74) is 2.14. The lowest BCUT2D eigenvalue weighted by Gasteiger charge is -2.05. The van der Waals surface area contributed by atoms with Gasteiger partial charge in [-0.3, -0.25) is 14.5 Å². The molecule has 5 heteroatoms. The quantitative estimate of drug-likeness (QED) is 0.875. The number of nitrogens with zero attached hydrogens (tertiary/aromatic N) is 3. The summed E-state index contributed by atoms with van der Waals surface area (Å²) in [5, 5.41) is 7.04. The van der Waals surface area contributed by atoms with Crippen molar-refractivity contribution in [3.05, 3.63) is 42.0 Å². The third-order valence-corrected chi connectivity index (χ3v) is 2.37. The van der Waals surface area contributed by atoms with Crippen molar-refractivity contribution < 1.29 is 4.79 Å². The van der Waals surface area contributed by atoms with E-state index in [0.29, 0.717) is 12.2 Å². The largest absolute Gasteiger partial charge is 0.321 e. The van der Waals surface area contributed by atoms with Gasteiger partial charge in [-0.2, -0.15) is 5.10 Å². The van der Waals surface area contributed by atoms with Gasteiger partial charge >= 0.3 is 0 Å². The SMILES string of the molecule is CCn1nc(C)cc1C(=O)Nc1ccncc1. The Bertz CT molecular complexity index is 519. The average Bonchev–Trinajstić information content (AvgIpc) is 2.72. The molecule has 0 aliphatic carbocycles. The lowest BCUT2D eigenvalue weighted by Crippen LogP contribution is -2.17. The number of hydrogen-bond donors (Lipinski definition) is 1. The first-order valence-electron chi connectivity index (χ1n) is 5.46. The zero-order chi connectivity index (χ0) is 12.3. The van der Waals surface area contributed by atoms with Gasteiger partial charge in [0.15, 0.2) is 0 Å². The molecule has 2 aromatic heterocycles. The first-order chi connectivity index (χ1) is 8.20. The van der Waals surface area contributed by atoms with Crippen LogP contribution < -0.4 is 5.32 Å². The maximum absolute atomic E-state index is 12.0. The van der Waals surface area contributed by atoms with E-state index in [1.165, 1.54) is 0 Å². The molecule has 0 fully saturated rings. The number of aromatic nitrogens is 3. The minimum Gasteiger partial charge on any atom is -0.321 e. The number of hydrogen-bond acceptors (Lipinski definition) is 3. The van der Waals surface area contributed by atoms with E-state index in [1.54, 1.807) is 35.3 Å². The highest BCUT2D eigenvalue weighted by atomic mass is 16.2. The van der Waals surface area contributed by atoms with E-state index in [9.17, 15) is 4.79 Å². The first kappa shape index (κ1) is 11.3. The summed E-state index contributed by atoms with van der Waals surface area (Å²) in [6.45, 7) is 4.50. The molecule has 5 nitrogen and oxygen atoms in total. The Morgan fingerprint density at radius 1 is 1.41 bits per heavy atom. The van der Waals surface area contributed by atoms with E-state index in [4.69, 9.17) is 0 Å². The third kappa shape index (κ3) is 2.50. The van der Waals surface area contributed by atoms with Crippen LogP contribution in [-0.4, -0.2) is 20.7 Å².